The largest absolute Gasteiger partial charge is 0.368 e. The van der Waals surface area contributed by atoms with Crippen LogP contribution in [0.1, 0.15) is 52.8 Å². The minimum atomic E-state index is -0.318. The molecule has 3 heterocycles. The minimum Gasteiger partial charge on any atom is -0.368 e. The lowest BCUT2D eigenvalue weighted by Gasteiger charge is -2.40. The number of anilines is 3. The number of aromatic nitrogens is 1. The van der Waals surface area contributed by atoms with Crippen molar-refractivity contribution in [3.8, 4) is 6.07 Å². The van der Waals surface area contributed by atoms with Crippen molar-refractivity contribution >= 4 is 28.9 Å². The van der Waals surface area contributed by atoms with Gasteiger partial charge in [-0.15, -0.1) is 0 Å². The van der Waals surface area contributed by atoms with Crippen LogP contribution in [0.25, 0.3) is 0 Å². The highest BCUT2D eigenvalue weighted by Gasteiger charge is 2.28. The summed E-state index contributed by atoms with van der Waals surface area (Å²) in [6, 6.07) is 15.5. The first kappa shape index (κ1) is 26.6. The smallest absolute Gasteiger partial charge is 0.261 e. The highest BCUT2D eigenvalue weighted by Crippen LogP contribution is 2.33. The minimum absolute atomic E-state index is 0.000324. The van der Waals surface area contributed by atoms with Crippen LogP contribution in [0, 0.1) is 25.2 Å². The van der Waals surface area contributed by atoms with Gasteiger partial charge in [0.15, 0.2) is 0 Å². The van der Waals surface area contributed by atoms with Crippen LogP contribution in [0.2, 0.25) is 0 Å². The van der Waals surface area contributed by atoms with Gasteiger partial charge in [-0.05, 0) is 43.7 Å². The molecule has 1 unspecified atom stereocenters. The number of nitrogens with one attached hydrogen (secondary N) is 2. The average molecular weight is 513 g/mol. The second kappa shape index (κ2) is 11.8. The number of nitriles is 1. The van der Waals surface area contributed by atoms with Crippen LogP contribution >= 0.6 is 0 Å². The molecular formula is C29H32N6O3. The molecular weight excluding hydrogens is 480 g/mol. The van der Waals surface area contributed by atoms with Gasteiger partial charge in [0.2, 0.25) is 5.91 Å². The van der Waals surface area contributed by atoms with Gasteiger partial charge in [0, 0.05) is 43.6 Å². The van der Waals surface area contributed by atoms with Gasteiger partial charge in [-0.25, -0.2) is 0 Å². The summed E-state index contributed by atoms with van der Waals surface area (Å²) in [7, 11) is 0. The molecule has 2 aliphatic rings. The number of carbonyl (C=O) groups excluding carboxylic acids is 2. The zero-order valence-corrected chi connectivity index (χ0v) is 22.1. The molecule has 0 radical (unpaired) electrons. The summed E-state index contributed by atoms with van der Waals surface area (Å²) in [5.41, 5.74) is 4.70. The molecule has 9 nitrogen and oxygen atoms in total. The Bertz CT molecular complexity index is 1380. The topological polar surface area (TPSA) is 114 Å². The highest BCUT2D eigenvalue weighted by molar-refractivity contribution is 6.05. The number of piperazine rings is 1. The van der Waals surface area contributed by atoms with Crippen LogP contribution in [-0.2, 0) is 4.79 Å². The van der Waals surface area contributed by atoms with E-state index in [4.69, 9.17) is 4.52 Å². The van der Waals surface area contributed by atoms with Crippen molar-refractivity contribution in [2.24, 2.45) is 0 Å². The maximum atomic E-state index is 12.7. The van der Waals surface area contributed by atoms with Crippen LogP contribution in [0.5, 0.6) is 0 Å². The molecule has 1 fully saturated rings. The van der Waals surface area contributed by atoms with Crippen molar-refractivity contribution in [2.45, 2.75) is 33.7 Å². The molecule has 2 N–H and O–H groups in total. The van der Waals surface area contributed by atoms with E-state index < -0.39 is 0 Å². The first-order valence-electron chi connectivity index (χ1n) is 12.8. The van der Waals surface area contributed by atoms with Crippen LogP contribution in [0.4, 0.5) is 17.1 Å². The van der Waals surface area contributed by atoms with E-state index in [0.717, 1.165) is 43.1 Å². The Kier molecular flexibility index (Phi) is 8.24. The number of nitrogens with zero attached hydrogens (tertiary/aromatic N) is 4. The quantitative estimate of drug-likeness (QED) is 0.515. The molecule has 2 aromatic carbocycles. The third-order valence-electron chi connectivity index (χ3n) is 6.65. The maximum absolute atomic E-state index is 12.7. The van der Waals surface area contributed by atoms with E-state index in [1.807, 2.05) is 50.3 Å². The van der Waals surface area contributed by atoms with Crippen molar-refractivity contribution in [3.63, 3.8) is 0 Å². The van der Waals surface area contributed by atoms with E-state index in [1.54, 1.807) is 32.1 Å². The SMILES string of the molecule is CC.Cc1noc(C)c1C(=O)Nc1ccc(N2CCN(C3C=CC(=O)Nc4ccccc43)CC2)c(C#N)c1. The summed E-state index contributed by atoms with van der Waals surface area (Å²) in [4.78, 5) is 29.3. The fourth-order valence-electron chi connectivity index (χ4n) is 4.86. The summed E-state index contributed by atoms with van der Waals surface area (Å²) in [5, 5.41) is 19.4. The number of fused-ring (bicyclic) bond motifs is 1. The fourth-order valence-corrected chi connectivity index (χ4v) is 4.86. The lowest BCUT2D eigenvalue weighted by atomic mass is 10.0. The molecule has 0 bridgehead atoms. The molecule has 2 aliphatic heterocycles. The summed E-state index contributed by atoms with van der Waals surface area (Å²) in [6.07, 6.45) is 3.55. The molecule has 0 saturated carbocycles. The Balaban J connectivity index is 0.00000164. The second-order valence-electron chi connectivity index (χ2n) is 8.90. The number of amides is 2. The third-order valence-corrected chi connectivity index (χ3v) is 6.65. The zero-order valence-electron chi connectivity index (χ0n) is 22.1. The average Bonchev–Trinajstić information content (AvgIpc) is 3.18. The van der Waals surface area contributed by atoms with E-state index in [1.165, 1.54) is 0 Å². The number of carbonyl (C=O) groups is 2. The summed E-state index contributed by atoms with van der Waals surface area (Å²) in [5.74, 6) is 0.0104. The Hall–Kier alpha value is -4.42. The predicted octanol–water partition coefficient (Wildman–Crippen LogP) is 4.81. The van der Waals surface area contributed by atoms with Gasteiger partial charge in [0.25, 0.3) is 5.91 Å². The van der Waals surface area contributed by atoms with Crippen LogP contribution < -0.4 is 15.5 Å². The first-order valence-corrected chi connectivity index (χ1v) is 12.8. The maximum Gasteiger partial charge on any atom is 0.261 e. The molecule has 1 saturated heterocycles. The number of rotatable bonds is 4. The summed E-state index contributed by atoms with van der Waals surface area (Å²) >= 11 is 0. The Morgan fingerprint density at radius 3 is 2.55 bits per heavy atom. The van der Waals surface area contributed by atoms with Gasteiger partial charge in [0.1, 0.15) is 17.4 Å². The van der Waals surface area contributed by atoms with E-state index in [9.17, 15) is 14.9 Å². The number of para-hydroxylation sites is 1. The van der Waals surface area contributed by atoms with Gasteiger partial charge in [-0.2, -0.15) is 5.26 Å². The predicted molar refractivity (Wildman–Crippen MR) is 147 cm³/mol. The van der Waals surface area contributed by atoms with Gasteiger partial charge in [-0.1, -0.05) is 43.3 Å². The Morgan fingerprint density at radius 1 is 1.13 bits per heavy atom. The molecule has 0 aliphatic carbocycles. The van der Waals surface area contributed by atoms with Crippen molar-refractivity contribution < 1.29 is 14.1 Å². The number of hydrogen-bond acceptors (Lipinski definition) is 7. The van der Waals surface area contributed by atoms with E-state index in [0.29, 0.717) is 28.3 Å². The number of benzene rings is 2. The molecule has 1 atom stereocenters. The molecule has 1 aromatic heterocycles. The zero-order chi connectivity index (χ0) is 27.2. The molecule has 5 rings (SSSR count). The van der Waals surface area contributed by atoms with E-state index in [-0.39, 0.29) is 17.9 Å². The highest BCUT2D eigenvalue weighted by atomic mass is 16.5. The molecule has 2 amide bonds. The fraction of sp³-hybridized carbons (Fsp3) is 0.310. The van der Waals surface area contributed by atoms with Gasteiger partial charge < -0.3 is 20.1 Å². The van der Waals surface area contributed by atoms with E-state index >= 15 is 0 Å². The normalized spacial score (nSPS) is 16.9. The summed E-state index contributed by atoms with van der Waals surface area (Å²) in [6.45, 7) is 10.4. The molecule has 3 aromatic rings. The van der Waals surface area contributed by atoms with Crippen molar-refractivity contribution in [3.05, 3.63) is 82.8 Å². The van der Waals surface area contributed by atoms with Gasteiger partial charge in [-0.3, -0.25) is 14.5 Å². The lowest BCUT2D eigenvalue weighted by molar-refractivity contribution is -0.111. The Labute approximate surface area is 222 Å². The standard InChI is InChI=1S/C27H26N6O3.C2H6/c1-17-26(18(2)36-31-17)27(35)29-20-7-8-23(19(15-20)16-28)32-11-13-33(14-12-32)24-9-10-25(34)30-22-6-4-3-5-21(22)24;1-2/h3-10,15,24H,11-14H2,1-2H3,(H,29,35)(H,30,34);1-2H3. The van der Waals surface area contributed by atoms with Crippen molar-refractivity contribution in [1.29, 1.82) is 5.26 Å². The molecule has 196 valence electrons. The number of hydrogen-bond donors (Lipinski definition) is 2. The third kappa shape index (κ3) is 5.45. The lowest BCUT2D eigenvalue weighted by Crippen LogP contribution is -2.47. The molecule has 38 heavy (non-hydrogen) atoms. The van der Waals surface area contributed by atoms with E-state index in [2.05, 4.69) is 31.7 Å². The van der Waals surface area contributed by atoms with Gasteiger partial charge >= 0.3 is 0 Å². The van der Waals surface area contributed by atoms with Crippen LogP contribution in [0.3, 0.4) is 0 Å². The van der Waals surface area contributed by atoms with Crippen molar-refractivity contribution in [1.82, 2.24) is 10.1 Å². The monoisotopic (exact) mass is 512 g/mol. The Morgan fingerprint density at radius 2 is 1.87 bits per heavy atom. The van der Waals surface area contributed by atoms with Crippen molar-refractivity contribution in [2.75, 3.05) is 41.7 Å². The second-order valence-corrected chi connectivity index (χ2v) is 8.90. The first-order chi connectivity index (χ1) is 18.4. The van der Waals surface area contributed by atoms with Crippen LogP contribution in [-0.4, -0.2) is 48.0 Å². The molecule has 0 spiro atoms. The van der Waals surface area contributed by atoms with Crippen LogP contribution in [0.15, 0.2) is 59.1 Å². The molecule has 9 heteroatoms. The van der Waals surface area contributed by atoms with Gasteiger partial charge in [0.05, 0.1) is 23.0 Å². The summed E-state index contributed by atoms with van der Waals surface area (Å²) < 4.78 is 5.08. The number of aryl methyl sites for hydroxylation is 2.